The van der Waals surface area contributed by atoms with Gasteiger partial charge in [-0.3, -0.25) is 14.4 Å². The largest absolute Gasteiger partial charge is 0.308 e. The molecule has 1 amide bonds. The Morgan fingerprint density at radius 1 is 1.39 bits per heavy atom. The molecule has 0 saturated heterocycles. The number of carbonyl (C=O) groups is 1. The van der Waals surface area contributed by atoms with Gasteiger partial charge < -0.3 is 5.32 Å². The van der Waals surface area contributed by atoms with Crippen LogP contribution in [0.15, 0.2) is 24.4 Å². The molecule has 5 nitrogen and oxygen atoms in total. The Hall–Kier alpha value is -1.66. The van der Waals surface area contributed by atoms with E-state index in [0.29, 0.717) is 18.4 Å². The standard InChI is InChI=1S/C17H24N4OS/c1-13-7-8-15(23-13)11-21(14-5-3-4-6-14)12-17(22)18-16-9-10-20(2)19-16/h7-10,14H,3-6,11-12H2,1-2H3,(H,18,19,22). The lowest BCUT2D eigenvalue weighted by molar-refractivity contribution is -0.118. The number of anilines is 1. The fraction of sp³-hybridized carbons (Fsp3) is 0.529. The van der Waals surface area contributed by atoms with Crippen molar-refractivity contribution in [3.63, 3.8) is 0 Å². The van der Waals surface area contributed by atoms with E-state index >= 15 is 0 Å². The maximum Gasteiger partial charge on any atom is 0.239 e. The minimum Gasteiger partial charge on any atom is -0.308 e. The molecule has 3 rings (SSSR count). The van der Waals surface area contributed by atoms with Gasteiger partial charge in [0.1, 0.15) is 0 Å². The summed E-state index contributed by atoms with van der Waals surface area (Å²) < 4.78 is 1.69. The van der Waals surface area contributed by atoms with Crippen LogP contribution in [-0.2, 0) is 18.4 Å². The minimum absolute atomic E-state index is 0.0175. The van der Waals surface area contributed by atoms with Crippen LogP contribution in [0.4, 0.5) is 5.82 Å². The van der Waals surface area contributed by atoms with Gasteiger partial charge in [0, 0.05) is 41.7 Å². The van der Waals surface area contributed by atoms with E-state index in [4.69, 9.17) is 0 Å². The Morgan fingerprint density at radius 3 is 2.78 bits per heavy atom. The van der Waals surface area contributed by atoms with Crippen LogP contribution in [0.3, 0.4) is 0 Å². The van der Waals surface area contributed by atoms with Gasteiger partial charge in [-0.25, -0.2) is 0 Å². The van der Waals surface area contributed by atoms with Gasteiger partial charge in [0.15, 0.2) is 5.82 Å². The fourth-order valence-electron chi connectivity index (χ4n) is 3.20. The first-order chi connectivity index (χ1) is 11.1. The minimum atomic E-state index is 0.0175. The molecular formula is C17H24N4OS. The molecule has 1 saturated carbocycles. The Balaban J connectivity index is 1.63. The zero-order valence-electron chi connectivity index (χ0n) is 13.8. The fourth-order valence-corrected chi connectivity index (χ4v) is 4.12. The van der Waals surface area contributed by atoms with Crippen LogP contribution >= 0.6 is 11.3 Å². The van der Waals surface area contributed by atoms with E-state index < -0.39 is 0 Å². The molecule has 2 aromatic rings. The maximum atomic E-state index is 12.4. The summed E-state index contributed by atoms with van der Waals surface area (Å²) in [6, 6.07) is 6.67. The Bertz CT molecular complexity index is 657. The van der Waals surface area contributed by atoms with E-state index in [9.17, 15) is 4.79 Å². The zero-order valence-corrected chi connectivity index (χ0v) is 14.6. The highest BCUT2D eigenvalue weighted by molar-refractivity contribution is 7.11. The molecule has 0 aromatic carbocycles. The molecule has 0 aliphatic heterocycles. The van der Waals surface area contributed by atoms with Gasteiger partial charge in [-0.2, -0.15) is 5.10 Å². The summed E-state index contributed by atoms with van der Waals surface area (Å²) in [7, 11) is 1.85. The number of carbonyl (C=O) groups excluding carboxylic acids is 1. The van der Waals surface area contributed by atoms with Gasteiger partial charge in [-0.05, 0) is 31.9 Å². The maximum absolute atomic E-state index is 12.4. The third-order valence-electron chi connectivity index (χ3n) is 4.32. The van der Waals surface area contributed by atoms with E-state index in [1.165, 1.54) is 35.4 Å². The number of aromatic nitrogens is 2. The van der Waals surface area contributed by atoms with Gasteiger partial charge >= 0.3 is 0 Å². The summed E-state index contributed by atoms with van der Waals surface area (Å²) >= 11 is 1.82. The summed E-state index contributed by atoms with van der Waals surface area (Å²) in [6.45, 7) is 3.42. The highest BCUT2D eigenvalue weighted by Gasteiger charge is 2.25. The van der Waals surface area contributed by atoms with Crippen molar-refractivity contribution in [2.24, 2.45) is 7.05 Å². The summed E-state index contributed by atoms with van der Waals surface area (Å²) in [5.41, 5.74) is 0. The molecule has 23 heavy (non-hydrogen) atoms. The molecule has 1 fully saturated rings. The lowest BCUT2D eigenvalue weighted by Gasteiger charge is -2.27. The van der Waals surface area contributed by atoms with Gasteiger partial charge in [0.2, 0.25) is 5.91 Å². The first kappa shape index (κ1) is 16.2. The number of aryl methyl sites for hydroxylation is 2. The van der Waals surface area contributed by atoms with Crippen LogP contribution in [0.1, 0.15) is 35.4 Å². The van der Waals surface area contributed by atoms with Gasteiger partial charge in [0.05, 0.1) is 6.54 Å². The third kappa shape index (κ3) is 4.42. The number of rotatable bonds is 6. The van der Waals surface area contributed by atoms with Gasteiger partial charge in [-0.1, -0.05) is 12.8 Å². The lowest BCUT2D eigenvalue weighted by atomic mass is 10.2. The number of amides is 1. The van der Waals surface area contributed by atoms with E-state index in [-0.39, 0.29) is 5.91 Å². The molecule has 1 aliphatic carbocycles. The number of hydrogen-bond donors (Lipinski definition) is 1. The van der Waals surface area contributed by atoms with Gasteiger partial charge in [-0.15, -0.1) is 11.3 Å². The van der Waals surface area contributed by atoms with Crippen molar-refractivity contribution in [1.29, 1.82) is 0 Å². The molecule has 124 valence electrons. The lowest BCUT2D eigenvalue weighted by Crippen LogP contribution is -2.39. The molecule has 0 radical (unpaired) electrons. The van der Waals surface area contributed by atoms with Crippen LogP contribution in [0.25, 0.3) is 0 Å². The SMILES string of the molecule is Cc1ccc(CN(CC(=O)Nc2ccn(C)n2)C2CCCC2)s1. The Labute approximate surface area is 141 Å². The Morgan fingerprint density at radius 2 is 2.17 bits per heavy atom. The van der Waals surface area contributed by atoms with Crippen LogP contribution in [0, 0.1) is 6.92 Å². The molecule has 6 heteroatoms. The zero-order chi connectivity index (χ0) is 16.2. The van der Waals surface area contributed by atoms with Crippen molar-refractivity contribution in [3.05, 3.63) is 34.2 Å². The van der Waals surface area contributed by atoms with Crippen LogP contribution in [0.5, 0.6) is 0 Å². The van der Waals surface area contributed by atoms with Crippen LogP contribution in [-0.4, -0.2) is 33.2 Å². The van der Waals surface area contributed by atoms with Crippen molar-refractivity contribution >= 4 is 23.1 Å². The number of nitrogens with zero attached hydrogens (tertiary/aromatic N) is 3. The van der Waals surface area contributed by atoms with E-state index in [1.807, 2.05) is 30.6 Å². The molecule has 2 aromatic heterocycles. The molecule has 2 heterocycles. The van der Waals surface area contributed by atoms with Crippen LogP contribution < -0.4 is 5.32 Å². The average molecular weight is 332 g/mol. The third-order valence-corrected chi connectivity index (χ3v) is 5.31. The first-order valence-electron chi connectivity index (χ1n) is 8.19. The van der Waals surface area contributed by atoms with E-state index in [0.717, 1.165) is 6.54 Å². The monoisotopic (exact) mass is 332 g/mol. The van der Waals surface area contributed by atoms with Crippen LogP contribution in [0.2, 0.25) is 0 Å². The first-order valence-corrected chi connectivity index (χ1v) is 9.00. The highest BCUT2D eigenvalue weighted by Crippen LogP contribution is 2.26. The predicted molar refractivity (Wildman–Crippen MR) is 93.6 cm³/mol. The number of hydrogen-bond acceptors (Lipinski definition) is 4. The smallest absolute Gasteiger partial charge is 0.239 e. The van der Waals surface area contributed by atoms with Crippen molar-refractivity contribution < 1.29 is 4.79 Å². The second-order valence-corrected chi connectivity index (χ2v) is 7.65. The summed E-state index contributed by atoms with van der Waals surface area (Å²) in [4.78, 5) is 17.4. The summed E-state index contributed by atoms with van der Waals surface area (Å²) in [5.74, 6) is 0.639. The molecule has 1 N–H and O–H groups in total. The van der Waals surface area contributed by atoms with Crippen molar-refractivity contribution in [3.8, 4) is 0 Å². The van der Waals surface area contributed by atoms with Gasteiger partial charge in [0.25, 0.3) is 0 Å². The number of nitrogens with one attached hydrogen (secondary N) is 1. The predicted octanol–water partition coefficient (Wildman–Crippen LogP) is 3.17. The molecule has 0 atom stereocenters. The van der Waals surface area contributed by atoms with Crippen molar-refractivity contribution in [2.75, 3.05) is 11.9 Å². The highest BCUT2D eigenvalue weighted by atomic mass is 32.1. The Kier molecular flexibility index (Phi) is 5.13. The van der Waals surface area contributed by atoms with Crippen molar-refractivity contribution in [1.82, 2.24) is 14.7 Å². The molecule has 0 spiro atoms. The topological polar surface area (TPSA) is 50.2 Å². The van der Waals surface area contributed by atoms with E-state index in [2.05, 4.69) is 34.4 Å². The second-order valence-electron chi connectivity index (χ2n) is 6.28. The molecule has 1 aliphatic rings. The summed E-state index contributed by atoms with van der Waals surface area (Å²) in [5, 5.41) is 7.11. The number of thiophene rings is 1. The average Bonchev–Trinajstić information content (AvgIpc) is 3.21. The molecule has 0 bridgehead atoms. The molecule has 0 unspecified atom stereocenters. The molecular weight excluding hydrogens is 308 g/mol. The summed E-state index contributed by atoms with van der Waals surface area (Å²) in [6.07, 6.45) is 6.76. The van der Waals surface area contributed by atoms with E-state index in [1.54, 1.807) is 4.68 Å². The quantitative estimate of drug-likeness (QED) is 0.884. The normalized spacial score (nSPS) is 15.4. The van der Waals surface area contributed by atoms with Crippen molar-refractivity contribution in [2.45, 2.75) is 45.2 Å². The second kappa shape index (κ2) is 7.27.